The van der Waals surface area contributed by atoms with E-state index in [4.69, 9.17) is 0 Å². The summed E-state index contributed by atoms with van der Waals surface area (Å²) in [6.07, 6.45) is 1.42. The van der Waals surface area contributed by atoms with Crippen LogP contribution in [0.5, 0.6) is 5.75 Å². The summed E-state index contributed by atoms with van der Waals surface area (Å²) in [5.41, 5.74) is 3.18. The molecule has 0 unspecified atom stereocenters. The third-order valence-corrected chi connectivity index (χ3v) is 4.37. The molecule has 2 N–H and O–H groups in total. The summed E-state index contributed by atoms with van der Waals surface area (Å²) >= 11 is 0. The van der Waals surface area contributed by atoms with E-state index in [0.717, 1.165) is 21.9 Å². The number of phenols is 1. The van der Waals surface area contributed by atoms with Gasteiger partial charge in [0.2, 0.25) is 0 Å². The molecule has 0 saturated carbocycles. The molecule has 3 aromatic carbocycles. The summed E-state index contributed by atoms with van der Waals surface area (Å²) in [7, 11) is 0. The lowest BCUT2D eigenvalue weighted by atomic mass is 10.0. The van der Waals surface area contributed by atoms with Crippen molar-refractivity contribution in [3.8, 4) is 11.8 Å². The molecule has 4 heteroatoms. The number of aromatic hydroxyl groups is 1. The predicted octanol–water partition coefficient (Wildman–Crippen LogP) is 4.71. The number of aryl methyl sites for hydroxylation is 2. The van der Waals surface area contributed by atoms with Gasteiger partial charge in [0, 0.05) is 11.3 Å². The van der Waals surface area contributed by atoms with Gasteiger partial charge in [-0.1, -0.05) is 36.4 Å². The number of nitrogens with one attached hydrogen (secondary N) is 1. The number of nitrogens with zero attached hydrogens (tertiary/aromatic N) is 1. The van der Waals surface area contributed by atoms with Gasteiger partial charge in [-0.2, -0.15) is 5.26 Å². The van der Waals surface area contributed by atoms with Crippen molar-refractivity contribution in [3.05, 3.63) is 76.9 Å². The minimum absolute atomic E-state index is 0.0235. The maximum absolute atomic E-state index is 12.5. The first kappa shape index (κ1) is 17.2. The van der Waals surface area contributed by atoms with Crippen LogP contribution in [0.3, 0.4) is 0 Å². The number of nitriles is 1. The van der Waals surface area contributed by atoms with Gasteiger partial charge in [0.15, 0.2) is 0 Å². The first-order valence-electron chi connectivity index (χ1n) is 8.20. The zero-order chi connectivity index (χ0) is 18.7. The van der Waals surface area contributed by atoms with Crippen molar-refractivity contribution in [2.75, 3.05) is 5.32 Å². The molecular formula is C22H18N2O2. The van der Waals surface area contributed by atoms with E-state index >= 15 is 0 Å². The van der Waals surface area contributed by atoms with Crippen molar-refractivity contribution in [1.82, 2.24) is 0 Å². The maximum atomic E-state index is 12.5. The number of amides is 1. The van der Waals surface area contributed by atoms with E-state index in [1.807, 2.05) is 56.3 Å². The second kappa shape index (κ2) is 7.12. The van der Waals surface area contributed by atoms with Gasteiger partial charge < -0.3 is 10.4 Å². The number of hydrogen-bond donors (Lipinski definition) is 2. The molecule has 0 heterocycles. The van der Waals surface area contributed by atoms with Gasteiger partial charge >= 0.3 is 0 Å². The average molecular weight is 342 g/mol. The molecule has 0 radical (unpaired) electrons. The number of hydrogen-bond acceptors (Lipinski definition) is 3. The number of rotatable bonds is 3. The van der Waals surface area contributed by atoms with Gasteiger partial charge in [-0.3, -0.25) is 4.79 Å². The molecule has 0 fully saturated rings. The van der Waals surface area contributed by atoms with Crippen molar-refractivity contribution in [1.29, 1.82) is 5.26 Å². The molecule has 0 aliphatic rings. The number of carbonyl (C=O) groups excluding carboxylic acids is 1. The molecule has 0 atom stereocenters. The summed E-state index contributed by atoms with van der Waals surface area (Å²) in [6.45, 7) is 3.95. The fourth-order valence-electron chi connectivity index (χ4n) is 2.75. The Morgan fingerprint density at radius 2 is 1.85 bits per heavy atom. The molecule has 4 nitrogen and oxygen atoms in total. The van der Waals surface area contributed by atoms with Crippen LogP contribution in [0.25, 0.3) is 16.8 Å². The van der Waals surface area contributed by atoms with Gasteiger partial charge in [0.05, 0.1) is 0 Å². The Bertz CT molecular complexity index is 1080. The van der Waals surface area contributed by atoms with Crippen molar-refractivity contribution in [3.63, 3.8) is 0 Å². The Kier molecular flexibility index (Phi) is 4.72. The van der Waals surface area contributed by atoms with Gasteiger partial charge in [-0.05, 0) is 60.0 Å². The molecule has 0 saturated heterocycles. The number of benzene rings is 3. The molecular weight excluding hydrogens is 324 g/mol. The number of phenolic OH excluding ortho intramolecular Hbond substituents is 1. The predicted molar refractivity (Wildman–Crippen MR) is 104 cm³/mol. The molecule has 3 aromatic rings. The molecule has 0 aliphatic heterocycles. The van der Waals surface area contributed by atoms with Crippen molar-refractivity contribution >= 4 is 28.4 Å². The maximum Gasteiger partial charge on any atom is 0.266 e. The van der Waals surface area contributed by atoms with E-state index in [0.29, 0.717) is 11.3 Å². The highest BCUT2D eigenvalue weighted by atomic mass is 16.3. The van der Waals surface area contributed by atoms with Crippen LogP contribution in [0.15, 0.2) is 60.2 Å². The van der Waals surface area contributed by atoms with Crippen LogP contribution in [0.2, 0.25) is 0 Å². The van der Waals surface area contributed by atoms with Crippen molar-refractivity contribution in [2.45, 2.75) is 13.8 Å². The smallest absolute Gasteiger partial charge is 0.266 e. The lowest BCUT2D eigenvalue weighted by Crippen LogP contribution is -2.13. The Balaban J connectivity index is 1.98. The fraction of sp³-hybridized carbons (Fsp3) is 0.0909. The van der Waals surface area contributed by atoms with E-state index in [2.05, 4.69) is 5.32 Å². The summed E-state index contributed by atoms with van der Waals surface area (Å²) in [6, 6.07) is 18.3. The van der Waals surface area contributed by atoms with Gasteiger partial charge in [0.1, 0.15) is 17.4 Å². The Morgan fingerprint density at radius 1 is 1.08 bits per heavy atom. The van der Waals surface area contributed by atoms with Crippen LogP contribution in [0.4, 0.5) is 5.69 Å². The summed E-state index contributed by atoms with van der Waals surface area (Å²) in [5, 5.41) is 24.1. The molecule has 1 amide bonds. The molecule has 0 spiro atoms. The zero-order valence-electron chi connectivity index (χ0n) is 14.6. The highest BCUT2D eigenvalue weighted by Gasteiger charge is 2.13. The van der Waals surface area contributed by atoms with Crippen LogP contribution < -0.4 is 5.32 Å². The van der Waals surface area contributed by atoms with Crippen LogP contribution in [-0.2, 0) is 4.79 Å². The number of fused-ring (bicyclic) bond motifs is 1. The Hall–Kier alpha value is -3.58. The Morgan fingerprint density at radius 3 is 2.58 bits per heavy atom. The van der Waals surface area contributed by atoms with E-state index in [9.17, 15) is 15.2 Å². The molecule has 0 aliphatic carbocycles. The third kappa shape index (κ3) is 3.42. The molecule has 3 rings (SSSR count). The highest BCUT2D eigenvalue weighted by molar-refractivity contribution is 6.11. The fourth-order valence-corrected chi connectivity index (χ4v) is 2.75. The van der Waals surface area contributed by atoms with Gasteiger partial charge in [-0.25, -0.2) is 0 Å². The van der Waals surface area contributed by atoms with E-state index in [1.165, 1.54) is 6.08 Å². The van der Waals surface area contributed by atoms with Gasteiger partial charge in [0.25, 0.3) is 5.91 Å². The summed E-state index contributed by atoms with van der Waals surface area (Å²) in [4.78, 5) is 12.5. The standard InChI is InChI=1S/C22H18N2O2/c1-14-7-9-18(11-15(14)2)24-22(26)17(13-23)12-20-19-6-4-3-5-16(19)8-10-21(20)25/h3-12,25H,1-2H3,(H,24,26)/b17-12-. The van der Waals surface area contributed by atoms with Crippen molar-refractivity contribution in [2.24, 2.45) is 0 Å². The van der Waals surface area contributed by atoms with Crippen LogP contribution >= 0.6 is 0 Å². The van der Waals surface area contributed by atoms with Crippen LogP contribution in [0, 0.1) is 25.2 Å². The second-order valence-corrected chi connectivity index (χ2v) is 6.14. The summed E-state index contributed by atoms with van der Waals surface area (Å²) < 4.78 is 0. The van der Waals surface area contributed by atoms with Crippen molar-refractivity contribution < 1.29 is 9.90 Å². The quantitative estimate of drug-likeness (QED) is 0.535. The molecule has 0 aromatic heterocycles. The molecule has 0 bridgehead atoms. The van der Waals surface area contributed by atoms with E-state index in [-0.39, 0.29) is 11.3 Å². The Labute approximate surface area is 152 Å². The number of carbonyl (C=O) groups is 1. The van der Waals surface area contributed by atoms with Gasteiger partial charge in [-0.15, -0.1) is 0 Å². The van der Waals surface area contributed by atoms with Crippen LogP contribution in [-0.4, -0.2) is 11.0 Å². The average Bonchev–Trinajstić information content (AvgIpc) is 2.64. The van der Waals surface area contributed by atoms with E-state index in [1.54, 1.807) is 18.2 Å². The topological polar surface area (TPSA) is 73.1 Å². The largest absolute Gasteiger partial charge is 0.507 e. The lowest BCUT2D eigenvalue weighted by molar-refractivity contribution is -0.112. The molecule has 26 heavy (non-hydrogen) atoms. The third-order valence-electron chi connectivity index (χ3n) is 4.37. The van der Waals surface area contributed by atoms with E-state index < -0.39 is 5.91 Å². The molecule has 128 valence electrons. The first-order chi connectivity index (χ1) is 12.5. The normalized spacial score (nSPS) is 11.2. The second-order valence-electron chi connectivity index (χ2n) is 6.14. The SMILES string of the molecule is Cc1ccc(NC(=O)/C(C#N)=C\c2c(O)ccc3ccccc23)cc1C. The van der Waals surface area contributed by atoms with Crippen LogP contribution in [0.1, 0.15) is 16.7 Å². The monoisotopic (exact) mass is 342 g/mol. The summed E-state index contributed by atoms with van der Waals surface area (Å²) in [5.74, 6) is -0.487. The first-order valence-corrected chi connectivity index (χ1v) is 8.20. The minimum atomic E-state index is -0.511. The zero-order valence-corrected chi connectivity index (χ0v) is 14.6. The lowest BCUT2D eigenvalue weighted by Gasteiger charge is -2.08. The number of anilines is 1. The minimum Gasteiger partial charge on any atom is -0.507 e. The highest BCUT2D eigenvalue weighted by Crippen LogP contribution is 2.29.